The summed E-state index contributed by atoms with van der Waals surface area (Å²) in [6, 6.07) is 12.6. The molecule has 3 aromatic heterocycles. The Bertz CT molecular complexity index is 1610. The summed E-state index contributed by atoms with van der Waals surface area (Å²) < 4.78 is 7.49. The first kappa shape index (κ1) is 24.6. The lowest BCUT2D eigenvalue weighted by Gasteiger charge is -2.49. The van der Waals surface area contributed by atoms with E-state index in [0.29, 0.717) is 28.5 Å². The number of nitrogens with zero attached hydrogens (tertiary/aromatic N) is 7. The number of hydrogen-bond donors (Lipinski definition) is 0. The van der Waals surface area contributed by atoms with Gasteiger partial charge in [-0.25, -0.2) is 14.8 Å². The number of pyridine rings is 1. The average molecular weight is 512 g/mol. The normalized spacial score (nSPS) is 21.2. The molecule has 2 fully saturated rings. The van der Waals surface area contributed by atoms with Crippen LogP contribution in [0.2, 0.25) is 0 Å². The fourth-order valence-corrected chi connectivity index (χ4v) is 5.81. The molecule has 0 bridgehead atoms. The SMILES string of the molecule is CCC1CN(C(C)c2ccc3oc(C4CC4)nc3c2)[C@H](CC)CN1c1nc(=O)n(C)c2ccc(C#N)nc12. The lowest BCUT2D eigenvalue weighted by molar-refractivity contribution is 0.101. The Morgan fingerprint density at radius 1 is 1.08 bits per heavy atom. The third kappa shape index (κ3) is 4.13. The molecule has 2 aliphatic rings. The highest BCUT2D eigenvalue weighted by Gasteiger charge is 2.37. The summed E-state index contributed by atoms with van der Waals surface area (Å²) >= 11 is 0. The van der Waals surface area contributed by atoms with Crippen LogP contribution in [0.15, 0.2) is 39.5 Å². The molecule has 0 N–H and O–H groups in total. The molecule has 4 heterocycles. The van der Waals surface area contributed by atoms with Crippen LogP contribution in [0, 0.1) is 11.3 Å². The van der Waals surface area contributed by atoms with E-state index in [1.165, 1.54) is 23.0 Å². The number of fused-ring (bicyclic) bond motifs is 2. The molecule has 0 spiro atoms. The van der Waals surface area contributed by atoms with E-state index in [9.17, 15) is 10.1 Å². The van der Waals surface area contributed by atoms with E-state index in [4.69, 9.17) is 9.40 Å². The van der Waals surface area contributed by atoms with Crippen LogP contribution >= 0.6 is 0 Å². The molecule has 1 aliphatic carbocycles. The Balaban J connectivity index is 1.34. The predicted octanol–water partition coefficient (Wildman–Crippen LogP) is 4.66. The largest absolute Gasteiger partial charge is 0.440 e. The van der Waals surface area contributed by atoms with Crippen molar-refractivity contribution in [1.29, 1.82) is 5.26 Å². The van der Waals surface area contributed by atoms with Gasteiger partial charge in [0.2, 0.25) is 0 Å². The van der Waals surface area contributed by atoms with Crippen molar-refractivity contribution < 1.29 is 4.42 Å². The number of aryl methyl sites for hydroxylation is 1. The molecule has 196 valence electrons. The molecule has 0 radical (unpaired) electrons. The molecule has 6 rings (SSSR count). The fourth-order valence-electron chi connectivity index (χ4n) is 5.81. The molecular weight excluding hydrogens is 478 g/mol. The molecule has 38 heavy (non-hydrogen) atoms. The number of oxazole rings is 1. The van der Waals surface area contributed by atoms with E-state index >= 15 is 0 Å². The first-order chi connectivity index (χ1) is 18.4. The second kappa shape index (κ2) is 9.52. The van der Waals surface area contributed by atoms with Crippen LogP contribution in [0.5, 0.6) is 0 Å². The minimum atomic E-state index is -0.316. The molecular formula is C29H33N7O2. The summed E-state index contributed by atoms with van der Waals surface area (Å²) in [5.41, 5.74) is 4.31. The first-order valence-corrected chi connectivity index (χ1v) is 13.6. The maximum Gasteiger partial charge on any atom is 0.349 e. The van der Waals surface area contributed by atoms with Crippen molar-refractivity contribution in [2.75, 3.05) is 18.0 Å². The zero-order valence-electron chi connectivity index (χ0n) is 22.4. The number of piperazine rings is 1. The van der Waals surface area contributed by atoms with Gasteiger partial charge in [0.05, 0.1) is 5.52 Å². The lowest BCUT2D eigenvalue weighted by Crippen LogP contribution is -2.59. The van der Waals surface area contributed by atoms with Crippen LogP contribution < -0.4 is 10.6 Å². The average Bonchev–Trinajstić information content (AvgIpc) is 3.71. The van der Waals surface area contributed by atoms with Gasteiger partial charge in [-0.1, -0.05) is 19.9 Å². The van der Waals surface area contributed by atoms with Crippen molar-refractivity contribution >= 4 is 28.0 Å². The van der Waals surface area contributed by atoms with Crippen LogP contribution in [-0.2, 0) is 7.05 Å². The standard InChI is InChI=1S/C29H33N7O2/c1-5-21-16-36(27-26-24(34(4)29(37)33-27)11-10-20(14-30)31-26)22(6-2)15-35(21)17(3)19-9-12-25-23(13-19)32-28(38-25)18-7-8-18/h9-13,17-18,21-22H,5-8,15-16H2,1-4H3/t17?,21-,22?/m1/s1. The maximum absolute atomic E-state index is 12.8. The molecule has 1 aromatic carbocycles. The molecule has 1 saturated heterocycles. The van der Waals surface area contributed by atoms with Gasteiger partial charge in [0, 0.05) is 44.2 Å². The molecule has 1 aliphatic heterocycles. The number of benzene rings is 1. The number of aromatic nitrogens is 4. The Hall–Kier alpha value is -3.77. The summed E-state index contributed by atoms with van der Waals surface area (Å²) in [5.74, 6) is 1.94. The van der Waals surface area contributed by atoms with Crippen LogP contribution in [-0.4, -0.2) is 49.6 Å². The van der Waals surface area contributed by atoms with E-state index in [0.717, 1.165) is 42.9 Å². The van der Waals surface area contributed by atoms with Crippen LogP contribution in [0.4, 0.5) is 5.82 Å². The zero-order valence-corrected chi connectivity index (χ0v) is 22.4. The fraction of sp³-hybridized carbons (Fsp3) is 0.483. The number of hydrogen-bond acceptors (Lipinski definition) is 8. The third-order valence-corrected chi connectivity index (χ3v) is 8.34. The number of anilines is 1. The van der Waals surface area contributed by atoms with Crippen molar-refractivity contribution in [2.45, 2.75) is 70.5 Å². The van der Waals surface area contributed by atoms with Gasteiger partial charge < -0.3 is 9.32 Å². The minimum Gasteiger partial charge on any atom is -0.440 e. The topological polar surface area (TPSA) is 104 Å². The number of nitriles is 1. The Kier molecular flexibility index (Phi) is 6.15. The Morgan fingerprint density at radius 2 is 1.87 bits per heavy atom. The zero-order chi connectivity index (χ0) is 26.6. The highest BCUT2D eigenvalue weighted by atomic mass is 16.3. The van der Waals surface area contributed by atoms with Crippen molar-refractivity contribution in [1.82, 2.24) is 24.4 Å². The minimum absolute atomic E-state index is 0.146. The Labute approximate surface area is 221 Å². The molecule has 9 nitrogen and oxygen atoms in total. The summed E-state index contributed by atoms with van der Waals surface area (Å²) in [5, 5.41) is 9.47. The van der Waals surface area contributed by atoms with E-state index < -0.39 is 0 Å². The summed E-state index contributed by atoms with van der Waals surface area (Å²) in [7, 11) is 1.69. The maximum atomic E-state index is 12.8. The van der Waals surface area contributed by atoms with E-state index in [1.807, 2.05) is 0 Å². The smallest absolute Gasteiger partial charge is 0.349 e. The molecule has 4 aromatic rings. The summed E-state index contributed by atoms with van der Waals surface area (Å²) in [6.07, 6.45) is 4.18. The van der Waals surface area contributed by atoms with Gasteiger partial charge in [0.1, 0.15) is 22.8 Å². The van der Waals surface area contributed by atoms with Crippen LogP contribution in [0.1, 0.15) is 75.6 Å². The molecule has 3 atom stereocenters. The third-order valence-electron chi connectivity index (χ3n) is 8.34. The second-order valence-corrected chi connectivity index (χ2v) is 10.7. The van der Waals surface area contributed by atoms with Gasteiger partial charge in [0.25, 0.3) is 0 Å². The lowest BCUT2D eigenvalue weighted by atomic mass is 9.97. The van der Waals surface area contributed by atoms with Crippen LogP contribution in [0.3, 0.4) is 0 Å². The monoisotopic (exact) mass is 511 g/mol. The van der Waals surface area contributed by atoms with E-state index in [-0.39, 0.29) is 23.8 Å². The van der Waals surface area contributed by atoms with Crippen molar-refractivity contribution in [3.05, 3.63) is 58.0 Å². The van der Waals surface area contributed by atoms with Crippen molar-refractivity contribution in [2.24, 2.45) is 7.05 Å². The summed E-state index contributed by atoms with van der Waals surface area (Å²) in [6.45, 7) is 8.20. The van der Waals surface area contributed by atoms with Crippen molar-refractivity contribution in [3.8, 4) is 6.07 Å². The second-order valence-electron chi connectivity index (χ2n) is 10.7. The highest BCUT2D eigenvalue weighted by molar-refractivity contribution is 5.86. The van der Waals surface area contributed by atoms with Gasteiger partial charge in [0.15, 0.2) is 17.3 Å². The Morgan fingerprint density at radius 3 is 2.58 bits per heavy atom. The van der Waals surface area contributed by atoms with E-state index in [2.05, 4.69) is 64.8 Å². The van der Waals surface area contributed by atoms with Crippen LogP contribution in [0.25, 0.3) is 22.1 Å². The molecule has 1 saturated carbocycles. The molecule has 0 amide bonds. The van der Waals surface area contributed by atoms with Crippen molar-refractivity contribution in [3.63, 3.8) is 0 Å². The van der Waals surface area contributed by atoms with Gasteiger partial charge >= 0.3 is 5.69 Å². The molecule has 2 unspecified atom stereocenters. The number of rotatable bonds is 6. The van der Waals surface area contributed by atoms with Gasteiger partial charge in [-0.2, -0.15) is 10.2 Å². The van der Waals surface area contributed by atoms with Gasteiger partial charge in [-0.15, -0.1) is 0 Å². The first-order valence-electron chi connectivity index (χ1n) is 13.6. The molecule has 9 heteroatoms. The van der Waals surface area contributed by atoms with Gasteiger partial charge in [-0.05, 0) is 62.4 Å². The van der Waals surface area contributed by atoms with Gasteiger partial charge in [-0.3, -0.25) is 9.47 Å². The van der Waals surface area contributed by atoms with E-state index in [1.54, 1.807) is 19.2 Å². The highest BCUT2D eigenvalue weighted by Crippen LogP contribution is 2.41. The quantitative estimate of drug-likeness (QED) is 0.368. The predicted molar refractivity (Wildman–Crippen MR) is 146 cm³/mol. The summed E-state index contributed by atoms with van der Waals surface area (Å²) in [4.78, 5) is 31.5.